The van der Waals surface area contributed by atoms with Crippen LogP contribution in [0.4, 0.5) is 5.95 Å². The Hall–Kier alpha value is -1.97. The van der Waals surface area contributed by atoms with Crippen LogP contribution in [0.1, 0.15) is 34.9 Å². The Morgan fingerprint density at radius 3 is 3.06 bits per heavy atom. The third-order valence-corrected chi connectivity index (χ3v) is 3.32. The van der Waals surface area contributed by atoms with Gasteiger partial charge in [-0.05, 0) is 37.0 Å². The number of fused-ring (bicyclic) bond motifs is 1. The van der Waals surface area contributed by atoms with Crippen LogP contribution < -0.4 is 5.73 Å². The summed E-state index contributed by atoms with van der Waals surface area (Å²) in [6, 6.07) is 4.13. The lowest BCUT2D eigenvalue weighted by molar-refractivity contribution is 0.736. The normalized spacial score (nSPS) is 18.1. The van der Waals surface area contributed by atoms with E-state index in [0.29, 0.717) is 5.95 Å². The number of hydrogen-bond donors (Lipinski definition) is 1. The van der Waals surface area contributed by atoms with Crippen molar-refractivity contribution in [1.82, 2.24) is 15.0 Å². The Kier molecular flexibility index (Phi) is 2.28. The number of aryl methyl sites for hydroxylation is 2. The molecule has 0 bridgehead atoms. The van der Waals surface area contributed by atoms with Crippen molar-refractivity contribution in [3.05, 3.63) is 47.0 Å². The Balaban J connectivity index is 2.10. The van der Waals surface area contributed by atoms with Gasteiger partial charge in [0.15, 0.2) is 0 Å². The second-order valence-corrected chi connectivity index (χ2v) is 4.44. The van der Waals surface area contributed by atoms with E-state index in [1.807, 2.05) is 19.2 Å². The van der Waals surface area contributed by atoms with E-state index in [-0.39, 0.29) is 5.92 Å². The molecule has 4 nitrogen and oxygen atoms in total. The molecule has 2 N–H and O–H groups in total. The van der Waals surface area contributed by atoms with Gasteiger partial charge in [0.05, 0.1) is 11.4 Å². The predicted octanol–water partition coefficient (Wildman–Crippen LogP) is 1.84. The average molecular weight is 226 g/mol. The van der Waals surface area contributed by atoms with Gasteiger partial charge in [-0.2, -0.15) is 0 Å². The highest BCUT2D eigenvalue weighted by atomic mass is 15.0. The molecule has 17 heavy (non-hydrogen) atoms. The first-order chi connectivity index (χ1) is 8.25. The molecule has 0 radical (unpaired) electrons. The fourth-order valence-electron chi connectivity index (χ4n) is 2.50. The Labute approximate surface area is 99.9 Å². The van der Waals surface area contributed by atoms with E-state index >= 15 is 0 Å². The van der Waals surface area contributed by atoms with Gasteiger partial charge in [-0.15, -0.1) is 0 Å². The molecule has 1 aliphatic rings. The third-order valence-electron chi connectivity index (χ3n) is 3.32. The second-order valence-electron chi connectivity index (χ2n) is 4.44. The van der Waals surface area contributed by atoms with E-state index in [2.05, 4.69) is 21.0 Å². The number of aromatic nitrogens is 3. The standard InChI is InChI=1S/C13H14N4/c1-8-7-16-13(14)17-11(8)10-5-4-9-3-2-6-15-12(9)10/h2-3,6-7,10H,4-5H2,1H3,(H2,14,16,17). The fourth-order valence-corrected chi connectivity index (χ4v) is 2.50. The minimum absolute atomic E-state index is 0.275. The van der Waals surface area contributed by atoms with Crippen molar-refractivity contribution in [2.24, 2.45) is 0 Å². The molecule has 2 heterocycles. The topological polar surface area (TPSA) is 64.7 Å². The highest BCUT2D eigenvalue weighted by Crippen LogP contribution is 2.36. The van der Waals surface area contributed by atoms with Gasteiger partial charge in [-0.1, -0.05) is 6.07 Å². The maximum Gasteiger partial charge on any atom is 0.220 e. The van der Waals surface area contributed by atoms with Crippen molar-refractivity contribution in [2.75, 3.05) is 5.73 Å². The molecule has 0 amide bonds. The zero-order valence-electron chi connectivity index (χ0n) is 9.72. The molecule has 1 atom stereocenters. The summed E-state index contributed by atoms with van der Waals surface area (Å²) in [6.07, 6.45) is 5.76. The quantitative estimate of drug-likeness (QED) is 0.805. The highest BCUT2D eigenvalue weighted by molar-refractivity contribution is 5.38. The van der Waals surface area contributed by atoms with E-state index in [0.717, 1.165) is 29.8 Å². The Bertz CT molecular complexity index is 565. The average Bonchev–Trinajstić information content (AvgIpc) is 2.76. The lowest BCUT2D eigenvalue weighted by Gasteiger charge is -2.12. The smallest absolute Gasteiger partial charge is 0.220 e. The van der Waals surface area contributed by atoms with E-state index < -0.39 is 0 Å². The van der Waals surface area contributed by atoms with Crippen molar-refractivity contribution in [1.29, 1.82) is 0 Å². The van der Waals surface area contributed by atoms with Crippen molar-refractivity contribution in [3.63, 3.8) is 0 Å². The maximum absolute atomic E-state index is 5.67. The monoisotopic (exact) mass is 226 g/mol. The number of pyridine rings is 1. The van der Waals surface area contributed by atoms with Crippen LogP contribution in [-0.2, 0) is 6.42 Å². The number of nitrogen functional groups attached to an aromatic ring is 1. The van der Waals surface area contributed by atoms with Gasteiger partial charge in [0.1, 0.15) is 0 Å². The first kappa shape index (κ1) is 10.2. The van der Waals surface area contributed by atoms with E-state index in [1.165, 1.54) is 5.56 Å². The summed E-state index contributed by atoms with van der Waals surface area (Å²) in [5.41, 5.74) is 10.3. The summed E-state index contributed by atoms with van der Waals surface area (Å²) in [7, 11) is 0. The van der Waals surface area contributed by atoms with Gasteiger partial charge in [0.25, 0.3) is 0 Å². The van der Waals surface area contributed by atoms with Crippen molar-refractivity contribution in [2.45, 2.75) is 25.7 Å². The first-order valence-electron chi connectivity index (χ1n) is 5.78. The maximum atomic E-state index is 5.67. The Morgan fingerprint density at radius 1 is 1.29 bits per heavy atom. The van der Waals surface area contributed by atoms with Gasteiger partial charge in [-0.3, -0.25) is 4.98 Å². The van der Waals surface area contributed by atoms with Crippen LogP contribution in [-0.4, -0.2) is 15.0 Å². The molecule has 2 aromatic heterocycles. The molecule has 0 fully saturated rings. The molecule has 0 spiro atoms. The molecular formula is C13H14N4. The molecule has 1 unspecified atom stereocenters. The zero-order chi connectivity index (χ0) is 11.8. The summed E-state index contributed by atoms with van der Waals surface area (Å²) in [4.78, 5) is 12.9. The summed E-state index contributed by atoms with van der Waals surface area (Å²) < 4.78 is 0. The van der Waals surface area contributed by atoms with Crippen molar-refractivity contribution in [3.8, 4) is 0 Å². The van der Waals surface area contributed by atoms with E-state index in [4.69, 9.17) is 5.73 Å². The predicted molar refractivity (Wildman–Crippen MR) is 65.6 cm³/mol. The van der Waals surface area contributed by atoms with Gasteiger partial charge in [0, 0.05) is 18.3 Å². The molecular weight excluding hydrogens is 212 g/mol. The molecule has 0 aromatic carbocycles. The van der Waals surface area contributed by atoms with Gasteiger partial charge in [0.2, 0.25) is 5.95 Å². The van der Waals surface area contributed by atoms with E-state index in [1.54, 1.807) is 6.20 Å². The van der Waals surface area contributed by atoms with Gasteiger partial charge >= 0.3 is 0 Å². The minimum Gasteiger partial charge on any atom is -0.368 e. The van der Waals surface area contributed by atoms with Gasteiger partial charge in [-0.25, -0.2) is 9.97 Å². The molecule has 0 saturated heterocycles. The van der Waals surface area contributed by atoms with Crippen LogP contribution in [0.3, 0.4) is 0 Å². The first-order valence-corrected chi connectivity index (χ1v) is 5.78. The van der Waals surface area contributed by atoms with E-state index in [9.17, 15) is 0 Å². The van der Waals surface area contributed by atoms with Crippen LogP contribution in [0.5, 0.6) is 0 Å². The lowest BCUT2D eigenvalue weighted by Crippen LogP contribution is -2.07. The highest BCUT2D eigenvalue weighted by Gasteiger charge is 2.27. The second kappa shape index (κ2) is 3.80. The van der Waals surface area contributed by atoms with Crippen LogP contribution in [0.15, 0.2) is 24.5 Å². The summed E-state index contributed by atoms with van der Waals surface area (Å²) in [5, 5.41) is 0. The molecule has 0 saturated carbocycles. The molecule has 1 aliphatic carbocycles. The molecule has 3 rings (SSSR count). The number of nitrogens with two attached hydrogens (primary N) is 1. The molecule has 0 aliphatic heterocycles. The van der Waals surface area contributed by atoms with Gasteiger partial charge < -0.3 is 5.73 Å². The fraction of sp³-hybridized carbons (Fsp3) is 0.308. The van der Waals surface area contributed by atoms with Crippen LogP contribution in [0, 0.1) is 6.92 Å². The lowest BCUT2D eigenvalue weighted by atomic mass is 9.99. The number of hydrogen-bond acceptors (Lipinski definition) is 4. The SMILES string of the molecule is Cc1cnc(N)nc1C1CCc2cccnc21. The number of anilines is 1. The molecule has 4 heteroatoms. The van der Waals surface area contributed by atoms with Crippen LogP contribution in [0.2, 0.25) is 0 Å². The third kappa shape index (κ3) is 1.65. The number of nitrogens with zero attached hydrogens (tertiary/aromatic N) is 3. The minimum atomic E-state index is 0.275. The largest absolute Gasteiger partial charge is 0.368 e. The van der Waals surface area contributed by atoms with Crippen LogP contribution >= 0.6 is 0 Å². The Morgan fingerprint density at radius 2 is 2.18 bits per heavy atom. The van der Waals surface area contributed by atoms with Crippen LogP contribution in [0.25, 0.3) is 0 Å². The molecule has 86 valence electrons. The van der Waals surface area contributed by atoms with Crippen molar-refractivity contribution >= 4 is 5.95 Å². The summed E-state index contributed by atoms with van der Waals surface area (Å²) in [6.45, 7) is 2.02. The zero-order valence-corrected chi connectivity index (χ0v) is 9.72. The number of rotatable bonds is 1. The summed E-state index contributed by atoms with van der Waals surface area (Å²) >= 11 is 0. The van der Waals surface area contributed by atoms with Crippen molar-refractivity contribution < 1.29 is 0 Å². The molecule has 2 aromatic rings. The summed E-state index contributed by atoms with van der Waals surface area (Å²) in [5.74, 6) is 0.617.